The maximum Gasteiger partial charge on any atom is 0.243 e. The number of benzene rings is 2. The monoisotopic (exact) mass is 440 g/mol. The van der Waals surface area contributed by atoms with Crippen molar-refractivity contribution in [2.75, 3.05) is 31.9 Å². The van der Waals surface area contributed by atoms with E-state index in [1.165, 1.54) is 46.5 Å². The summed E-state index contributed by atoms with van der Waals surface area (Å²) in [5, 5.41) is 2.66. The standard InChI is InChI=1S/C20H25FN2O6S/c1-13(23(30(5,25)26)16-9-7-6-8-15(16)21)20(24)22-12-14-10-17(27-2)19(29-4)18(11-14)28-3/h6-11,13H,12H2,1-5H3,(H,22,24). The molecule has 1 atom stereocenters. The van der Waals surface area contributed by atoms with Crippen LogP contribution in [0.1, 0.15) is 12.5 Å². The lowest BCUT2D eigenvalue weighted by molar-refractivity contribution is -0.122. The SMILES string of the molecule is COc1cc(CNC(=O)C(C)N(c2ccccc2F)S(C)(=O)=O)cc(OC)c1OC. The molecule has 30 heavy (non-hydrogen) atoms. The van der Waals surface area contributed by atoms with Crippen LogP contribution < -0.4 is 23.8 Å². The Morgan fingerprint density at radius 3 is 2.13 bits per heavy atom. The van der Waals surface area contributed by atoms with Crippen molar-refractivity contribution in [2.45, 2.75) is 19.5 Å². The summed E-state index contributed by atoms with van der Waals surface area (Å²) >= 11 is 0. The van der Waals surface area contributed by atoms with Gasteiger partial charge in [0.15, 0.2) is 11.5 Å². The molecule has 0 saturated heterocycles. The van der Waals surface area contributed by atoms with E-state index in [4.69, 9.17) is 14.2 Å². The van der Waals surface area contributed by atoms with Crippen LogP contribution >= 0.6 is 0 Å². The average molecular weight is 440 g/mol. The first-order chi connectivity index (χ1) is 14.1. The Hall–Kier alpha value is -3.01. The number of rotatable bonds is 9. The fraction of sp³-hybridized carbons (Fsp3) is 0.350. The molecule has 2 aromatic carbocycles. The number of para-hydroxylation sites is 1. The third kappa shape index (κ3) is 5.12. The van der Waals surface area contributed by atoms with Gasteiger partial charge in [0.2, 0.25) is 21.7 Å². The number of carbonyl (C=O) groups excluding carboxylic acids is 1. The van der Waals surface area contributed by atoms with Crippen LogP contribution in [-0.2, 0) is 21.4 Å². The topological polar surface area (TPSA) is 94.2 Å². The van der Waals surface area contributed by atoms with E-state index in [0.717, 1.165) is 16.6 Å². The number of halogens is 1. The van der Waals surface area contributed by atoms with E-state index < -0.39 is 27.8 Å². The maximum atomic E-state index is 14.2. The van der Waals surface area contributed by atoms with Gasteiger partial charge in [0, 0.05) is 6.54 Å². The summed E-state index contributed by atoms with van der Waals surface area (Å²) in [5.74, 6) is -0.104. The second-order valence-corrected chi connectivity index (χ2v) is 8.30. The third-order valence-electron chi connectivity index (χ3n) is 4.37. The predicted molar refractivity (Wildman–Crippen MR) is 111 cm³/mol. The lowest BCUT2D eigenvalue weighted by Gasteiger charge is -2.28. The molecule has 1 amide bonds. The highest BCUT2D eigenvalue weighted by Crippen LogP contribution is 2.38. The lowest BCUT2D eigenvalue weighted by Crippen LogP contribution is -2.48. The third-order valence-corrected chi connectivity index (χ3v) is 5.60. The van der Waals surface area contributed by atoms with Gasteiger partial charge in [0.1, 0.15) is 11.9 Å². The summed E-state index contributed by atoms with van der Waals surface area (Å²) in [7, 11) is 0.501. The largest absolute Gasteiger partial charge is 0.493 e. The molecule has 0 bridgehead atoms. The first-order valence-corrected chi connectivity index (χ1v) is 10.8. The van der Waals surface area contributed by atoms with Crippen LogP contribution in [0.15, 0.2) is 36.4 Å². The molecule has 0 aromatic heterocycles. The van der Waals surface area contributed by atoms with Gasteiger partial charge in [-0.1, -0.05) is 12.1 Å². The maximum absolute atomic E-state index is 14.2. The highest BCUT2D eigenvalue weighted by Gasteiger charge is 2.30. The number of ether oxygens (including phenoxy) is 3. The minimum absolute atomic E-state index is 0.0642. The van der Waals surface area contributed by atoms with E-state index >= 15 is 0 Å². The summed E-state index contributed by atoms with van der Waals surface area (Å²) in [5.41, 5.74) is 0.442. The zero-order valence-corrected chi connectivity index (χ0v) is 18.2. The molecule has 10 heteroatoms. The van der Waals surface area contributed by atoms with Crippen molar-refractivity contribution in [3.05, 3.63) is 47.8 Å². The normalized spacial score (nSPS) is 12.1. The van der Waals surface area contributed by atoms with Crippen LogP contribution in [0.2, 0.25) is 0 Å². The van der Waals surface area contributed by atoms with Crippen LogP contribution in [0.25, 0.3) is 0 Å². The first kappa shape index (κ1) is 23.3. The Balaban J connectivity index is 2.25. The van der Waals surface area contributed by atoms with Crippen molar-refractivity contribution in [2.24, 2.45) is 0 Å². The zero-order chi connectivity index (χ0) is 22.5. The molecule has 1 N–H and O–H groups in total. The Labute approximate surface area is 175 Å². The number of carbonyl (C=O) groups is 1. The smallest absolute Gasteiger partial charge is 0.243 e. The summed E-state index contributed by atoms with van der Waals surface area (Å²) in [6, 6.07) is 7.52. The van der Waals surface area contributed by atoms with Gasteiger partial charge in [-0.05, 0) is 36.8 Å². The Kier molecular flexibility index (Phi) is 7.49. The van der Waals surface area contributed by atoms with E-state index in [1.54, 1.807) is 12.1 Å². The second-order valence-electron chi connectivity index (χ2n) is 6.44. The van der Waals surface area contributed by atoms with Crippen LogP contribution in [0.3, 0.4) is 0 Å². The van der Waals surface area contributed by atoms with Crippen molar-refractivity contribution < 1.29 is 31.8 Å². The predicted octanol–water partition coefficient (Wildman–Crippen LogP) is 2.32. The van der Waals surface area contributed by atoms with E-state index in [9.17, 15) is 17.6 Å². The molecule has 0 heterocycles. The molecule has 0 spiro atoms. The fourth-order valence-corrected chi connectivity index (χ4v) is 4.16. The number of nitrogens with zero attached hydrogens (tertiary/aromatic N) is 1. The fourth-order valence-electron chi connectivity index (χ4n) is 2.99. The minimum Gasteiger partial charge on any atom is -0.493 e. The number of sulfonamides is 1. The quantitative estimate of drug-likeness (QED) is 0.643. The van der Waals surface area contributed by atoms with Crippen molar-refractivity contribution in [1.82, 2.24) is 5.32 Å². The molecule has 0 aliphatic carbocycles. The van der Waals surface area contributed by atoms with Crippen LogP contribution in [0.5, 0.6) is 17.2 Å². The molecule has 1 unspecified atom stereocenters. The summed E-state index contributed by atoms with van der Waals surface area (Å²) in [6.07, 6.45) is 0.919. The Morgan fingerprint density at radius 1 is 1.10 bits per heavy atom. The number of hydrogen-bond acceptors (Lipinski definition) is 6. The van der Waals surface area contributed by atoms with Crippen LogP contribution in [-0.4, -0.2) is 48.0 Å². The molecule has 164 valence electrons. The highest BCUT2D eigenvalue weighted by molar-refractivity contribution is 7.92. The van der Waals surface area contributed by atoms with Gasteiger partial charge >= 0.3 is 0 Å². The van der Waals surface area contributed by atoms with Gasteiger partial charge in [-0.2, -0.15) is 0 Å². The van der Waals surface area contributed by atoms with Crippen LogP contribution in [0, 0.1) is 5.82 Å². The van der Waals surface area contributed by atoms with E-state index in [0.29, 0.717) is 22.8 Å². The first-order valence-electron chi connectivity index (χ1n) is 8.94. The van der Waals surface area contributed by atoms with E-state index in [1.807, 2.05) is 0 Å². The van der Waals surface area contributed by atoms with Crippen molar-refractivity contribution in [3.63, 3.8) is 0 Å². The molecular formula is C20H25FN2O6S. The molecule has 2 rings (SSSR count). The minimum atomic E-state index is -3.92. The number of amides is 1. The highest BCUT2D eigenvalue weighted by atomic mass is 32.2. The van der Waals surface area contributed by atoms with E-state index in [-0.39, 0.29) is 12.2 Å². The molecule has 0 radical (unpaired) electrons. The molecule has 0 aliphatic heterocycles. The van der Waals surface area contributed by atoms with Gasteiger partial charge in [-0.15, -0.1) is 0 Å². The number of anilines is 1. The van der Waals surface area contributed by atoms with Gasteiger partial charge in [-0.3, -0.25) is 9.10 Å². The molecule has 0 aliphatic rings. The van der Waals surface area contributed by atoms with Crippen molar-refractivity contribution in [1.29, 1.82) is 0 Å². The van der Waals surface area contributed by atoms with Crippen molar-refractivity contribution >= 4 is 21.6 Å². The van der Waals surface area contributed by atoms with Gasteiger partial charge in [0.05, 0.1) is 33.3 Å². The number of hydrogen-bond donors (Lipinski definition) is 1. The molecule has 8 nitrogen and oxygen atoms in total. The van der Waals surface area contributed by atoms with Gasteiger partial charge in [0.25, 0.3) is 0 Å². The second kappa shape index (κ2) is 9.66. The van der Waals surface area contributed by atoms with Crippen molar-refractivity contribution in [3.8, 4) is 17.2 Å². The summed E-state index contributed by atoms with van der Waals surface area (Å²) in [6.45, 7) is 1.45. The molecule has 0 saturated carbocycles. The Morgan fingerprint density at radius 2 is 1.67 bits per heavy atom. The summed E-state index contributed by atoms with van der Waals surface area (Å²) in [4.78, 5) is 12.7. The lowest BCUT2D eigenvalue weighted by atomic mass is 10.1. The average Bonchev–Trinajstić information content (AvgIpc) is 2.71. The van der Waals surface area contributed by atoms with Gasteiger partial charge < -0.3 is 19.5 Å². The van der Waals surface area contributed by atoms with Gasteiger partial charge in [-0.25, -0.2) is 12.8 Å². The number of methoxy groups -OCH3 is 3. The number of nitrogens with one attached hydrogen (secondary N) is 1. The summed E-state index contributed by atoms with van der Waals surface area (Å²) < 4.78 is 55.3. The molecular weight excluding hydrogens is 415 g/mol. The Bertz CT molecular complexity index is 987. The molecule has 0 fully saturated rings. The van der Waals surface area contributed by atoms with Crippen LogP contribution in [0.4, 0.5) is 10.1 Å². The molecule has 2 aromatic rings. The zero-order valence-electron chi connectivity index (χ0n) is 17.4. The van der Waals surface area contributed by atoms with E-state index in [2.05, 4.69) is 5.32 Å².